The molecule has 9 rings (SSSR count). The zero-order valence-electron chi connectivity index (χ0n) is 43.2. The fourth-order valence-electron chi connectivity index (χ4n) is 10.7. The van der Waals surface area contributed by atoms with E-state index in [9.17, 15) is 9.59 Å². The van der Waals surface area contributed by atoms with E-state index in [4.69, 9.17) is 28.4 Å². The SMILES string of the molecule is COCCOCCOCCN(CC(C)(C)SC(C)C)c1cc(COc2cc3c(cc2C)C(=O)N2c4ccccc4C[C@H]2CC3)cc(COc2cc3c(cc2OC)C(=O)N2c4ccccc4C[C@H]2[CH-]N3C)c1.[Y]. The topological polar surface area (TPSA) is 102 Å². The van der Waals surface area contributed by atoms with Crippen LogP contribution in [0.2, 0.25) is 0 Å². The molecule has 0 saturated carbocycles. The number of thioether (sulfide) groups is 1. The number of ether oxygens (including phenoxy) is 6. The number of para-hydroxylation sites is 2. The van der Waals surface area contributed by atoms with Gasteiger partial charge in [-0.2, -0.15) is 11.8 Å². The van der Waals surface area contributed by atoms with Crippen LogP contribution in [0.25, 0.3) is 0 Å². The monoisotopic (exact) mass is 1070 g/mol. The molecule has 14 heteroatoms. The van der Waals surface area contributed by atoms with E-state index in [2.05, 4.69) is 87.7 Å². The molecular weight excluding hydrogens is 1000 g/mol. The number of methoxy groups -OCH3 is 2. The molecule has 4 heterocycles. The fraction of sp³-hybridized carbons (Fsp3) is 0.431. The maximum absolute atomic E-state index is 14.3. The summed E-state index contributed by atoms with van der Waals surface area (Å²) in [6.45, 7) is 17.8. The maximum Gasteiger partial charge on any atom is 0.258 e. The summed E-state index contributed by atoms with van der Waals surface area (Å²) in [5.41, 5.74) is 11.3. The summed E-state index contributed by atoms with van der Waals surface area (Å²) >= 11 is 1.96. The minimum atomic E-state index is -0.101. The van der Waals surface area contributed by atoms with Crippen molar-refractivity contribution in [2.24, 2.45) is 0 Å². The Bertz CT molecular complexity index is 2730. The van der Waals surface area contributed by atoms with E-state index in [0.717, 1.165) is 94.1 Å². The van der Waals surface area contributed by atoms with Gasteiger partial charge in [0.15, 0.2) is 11.5 Å². The first-order chi connectivity index (χ1) is 34.3. The molecule has 0 bridgehead atoms. The van der Waals surface area contributed by atoms with Crippen LogP contribution in [0.1, 0.15) is 88.2 Å². The van der Waals surface area contributed by atoms with Crippen LogP contribution in [0.3, 0.4) is 0 Å². The third kappa shape index (κ3) is 12.0. The molecule has 0 unspecified atom stereocenters. The molecule has 0 N–H and O–H groups in total. The Balaban J connectivity index is 0.00000693. The van der Waals surface area contributed by atoms with Gasteiger partial charge in [0.2, 0.25) is 0 Å². The van der Waals surface area contributed by atoms with Crippen LogP contribution in [0.15, 0.2) is 91.0 Å². The number of carbonyl (C=O) groups is 2. The number of likely N-dealkylation sites (N-methyl/N-ethyl adjacent to an activating group) is 1. The molecule has 12 nitrogen and oxygen atoms in total. The van der Waals surface area contributed by atoms with Gasteiger partial charge in [-0.15, -0.1) is 0 Å². The van der Waals surface area contributed by atoms with Crippen molar-refractivity contribution in [3.05, 3.63) is 142 Å². The molecule has 0 aliphatic carbocycles. The molecule has 379 valence electrons. The number of hydrogen-bond acceptors (Lipinski definition) is 11. The minimum absolute atomic E-state index is 0. The Morgan fingerprint density at radius 2 is 1.36 bits per heavy atom. The van der Waals surface area contributed by atoms with E-state index in [-0.39, 0.29) is 68.0 Å². The second kappa shape index (κ2) is 23.7. The minimum Gasteiger partial charge on any atom is -0.522 e. The van der Waals surface area contributed by atoms with Crippen molar-refractivity contribution in [1.29, 1.82) is 0 Å². The van der Waals surface area contributed by atoms with Gasteiger partial charge in [-0.25, -0.2) is 6.54 Å². The molecule has 2 amide bonds. The van der Waals surface area contributed by atoms with Gasteiger partial charge in [0.05, 0.1) is 45.7 Å². The van der Waals surface area contributed by atoms with Crippen molar-refractivity contribution in [3.8, 4) is 17.2 Å². The zero-order chi connectivity index (χ0) is 49.8. The van der Waals surface area contributed by atoms with Crippen LogP contribution in [0, 0.1) is 13.5 Å². The van der Waals surface area contributed by atoms with Crippen LogP contribution >= 0.6 is 11.8 Å². The molecule has 72 heavy (non-hydrogen) atoms. The van der Waals surface area contributed by atoms with Crippen molar-refractivity contribution >= 4 is 46.3 Å². The number of fused-ring (bicyclic) bond motifs is 8. The predicted molar refractivity (Wildman–Crippen MR) is 284 cm³/mol. The van der Waals surface area contributed by atoms with Crippen LogP contribution in [0.4, 0.5) is 22.7 Å². The number of benzene rings is 5. The molecule has 5 aromatic rings. The van der Waals surface area contributed by atoms with Gasteiger partial charge in [-0.05, 0) is 141 Å². The number of anilines is 4. The molecule has 4 aliphatic rings. The Labute approximate surface area is 455 Å². The maximum atomic E-state index is 14.3. The van der Waals surface area contributed by atoms with E-state index < -0.39 is 0 Å². The quantitative estimate of drug-likeness (QED) is 0.0519. The van der Waals surface area contributed by atoms with E-state index in [1.165, 1.54) is 5.56 Å². The van der Waals surface area contributed by atoms with Crippen molar-refractivity contribution < 1.29 is 70.7 Å². The Kier molecular flexibility index (Phi) is 17.7. The number of hydrogen-bond donors (Lipinski definition) is 0. The van der Waals surface area contributed by atoms with Gasteiger partial charge >= 0.3 is 0 Å². The summed E-state index contributed by atoms with van der Waals surface area (Å²) in [5.74, 6) is 1.78. The Morgan fingerprint density at radius 1 is 0.722 bits per heavy atom. The molecule has 0 saturated heterocycles. The largest absolute Gasteiger partial charge is 0.522 e. The van der Waals surface area contributed by atoms with Crippen molar-refractivity contribution in [2.75, 3.05) is 87.0 Å². The molecule has 0 aromatic heterocycles. The number of nitrogens with zero attached hydrogens (tertiary/aromatic N) is 4. The van der Waals surface area contributed by atoms with Gasteiger partial charge in [-0.1, -0.05) is 56.3 Å². The third-order valence-corrected chi connectivity index (χ3v) is 15.1. The standard InChI is InChI=1S/C58H69N4O8S.Y/c1-38(2)71-58(4,5)37-60(19-20-67-23-24-68-22-21-65-7)46-27-40(35-69-53-31-42-17-18-45-29-43-13-9-11-15-50(43)61(45)56(63)48(42)25-39(53)3)26-41(28-46)36-70-55-33-52-49(32-54(55)66-8)57(64)62-47(34-59(52)6)30-44-14-10-12-16-51(44)62;/h9-16,25-28,31-34,38,45,47H,17-24,29-30,35-37H2,1-8H3;/q-1;/t45-,47+;/m1./s1. The van der Waals surface area contributed by atoms with Gasteiger partial charge in [0.25, 0.3) is 11.8 Å². The Morgan fingerprint density at radius 3 is 2.06 bits per heavy atom. The molecule has 0 spiro atoms. The van der Waals surface area contributed by atoms with E-state index in [0.29, 0.717) is 68.5 Å². The smallest absolute Gasteiger partial charge is 0.258 e. The first-order valence-corrected chi connectivity index (χ1v) is 25.9. The van der Waals surface area contributed by atoms with E-state index >= 15 is 0 Å². The first kappa shape index (κ1) is 53.7. The van der Waals surface area contributed by atoms with Crippen LogP contribution in [-0.4, -0.2) is 101 Å². The van der Waals surface area contributed by atoms with Gasteiger partial charge in [0, 0.05) is 98.1 Å². The molecule has 4 aliphatic heterocycles. The second-order valence-corrected chi connectivity index (χ2v) is 22.3. The van der Waals surface area contributed by atoms with Crippen molar-refractivity contribution in [3.63, 3.8) is 0 Å². The van der Waals surface area contributed by atoms with Gasteiger partial charge in [0.1, 0.15) is 19.0 Å². The van der Waals surface area contributed by atoms with Gasteiger partial charge in [-0.3, -0.25) is 9.59 Å². The average molecular weight is 1070 g/mol. The molecule has 5 aromatic carbocycles. The predicted octanol–water partition coefficient (Wildman–Crippen LogP) is 10.3. The average Bonchev–Trinajstić information content (AvgIpc) is 3.85. The Hall–Kier alpha value is -4.63. The van der Waals surface area contributed by atoms with Crippen molar-refractivity contribution in [1.82, 2.24) is 0 Å². The molecule has 1 radical (unpaired) electrons. The number of carbonyl (C=O) groups excluding carboxylic acids is 2. The van der Waals surface area contributed by atoms with Crippen LogP contribution in [0.5, 0.6) is 17.2 Å². The summed E-state index contributed by atoms with van der Waals surface area (Å²) in [6.07, 6.45) is 3.32. The molecule has 0 fully saturated rings. The van der Waals surface area contributed by atoms with Crippen LogP contribution in [-0.2, 0) is 79.4 Å². The summed E-state index contributed by atoms with van der Waals surface area (Å²) in [6, 6.07) is 30.9. The summed E-state index contributed by atoms with van der Waals surface area (Å²) in [5, 5.41) is 0.443. The normalized spacial score (nSPS) is 16.8. The van der Waals surface area contributed by atoms with E-state index in [1.807, 2.05) is 82.9 Å². The van der Waals surface area contributed by atoms with E-state index in [1.54, 1.807) is 14.2 Å². The van der Waals surface area contributed by atoms with Gasteiger partial charge < -0.3 is 48.0 Å². The number of rotatable bonds is 21. The zero-order valence-corrected chi connectivity index (χ0v) is 46.9. The number of aryl methyl sites for hydroxylation is 2. The second-order valence-electron chi connectivity index (χ2n) is 20.0. The molecular formula is C58H69N4O8SY-. The summed E-state index contributed by atoms with van der Waals surface area (Å²) in [4.78, 5) is 36.9. The first-order valence-electron chi connectivity index (χ1n) is 25.0. The number of amides is 2. The summed E-state index contributed by atoms with van der Waals surface area (Å²) in [7, 11) is 5.27. The fourth-order valence-corrected chi connectivity index (χ4v) is 12.3. The molecule has 2 atom stereocenters. The summed E-state index contributed by atoms with van der Waals surface area (Å²) < 4.78 is 36.3. The van der Waals surface area contributed by atoms with Crippen LogP contribution < -0.4 is 33.8 Å². The third-order valence-electron chi connectivity index (χ3n) is 13.8. The van der Waals surface area contributed by atoms with Crippen molar-refractivity contribution in [2.45, 2.75) is 95.6 Å².